The van der Waals surface area contributed by atoms with Gasteiger partial charge < -0.3 is 16.8 Å². The van der Waals surface area contributed by atoms with Crippen LogP contribution in [0.15, 0.2) is 0 Å². The van der Waals surface area contributed by atoms with Gasteiger partial charge in [0.25, 0.3) is 0 Å². The summed E-state index contributed by atoms with van der Waals surface area (Å²) in [6.07, 6.45) is 29.1. The maximum atomic E-state index is 5.75. The van der Waals surface area contributed by atoms with E-state index in [9.17, 15) is 0 Å². The van der Waals surface area contributed by atoms with Crippen LogP contribution in [0.25, 0.3) is 0 Å². The topological polar surface area (TPSA) is 64.1 Å². The molecule has 0 fully saturated rings. The van der Waals surface area contributed by atoms with E-state index in [4.69, 9.17) is 11.5 Å². The molecule has 0 rings (SSSR count). The van der Waals surface area contributed by atoms with Crippen LogP contribution in [-0.2, 0) is 0 Å². The Labute approximate surface area is 184 Å². The first-order valence-electron chi connectivity index (χ1n) is 13.4. The minimum atomic E-state index is -0.228. The normalized spacial score (nSPS) is 12.7. The van der Waals surface area contributed by atoms with E-state index in [0.29, 0.717) is 6.04 Å². The van der Waals surface area contributed by atoms with E-state index in [-0.39, 0.29) is 6.17 Å². The van der Waals surface area contributed by atoms with Gasteiger partial charge in [0.15, 0.2) is 0 Å². The zero-order valence-corrected chi connectivity index (χ0v) is 20.4. The van der Waals surface area contributed by atoms with Crippen LogP contribution in [0.3, 0.4) is 0 Å². The minimum absolute atomic E-state index is 0.228. The molecule has 0 radical (unpaired) electrons. The summed E-state index contributed by atoms with van der Waals surface area (Å²) in [5.74, 6) is 0. The Morgan fingerprint density at radius 1 is 0.483 bits per heavy atom. The third-order valence-corrected chi connectivity index (χ3v) is 6.20. The Bertz CT molecular complexity index is 294. The fraction of sp³-hybridized carbons (Fsp3) is 1.00. The summed E-state index contributed by atoms with van der Waals surface area (Å²) in [7, 11) is 0. The van der Waals surface area contributed by atoms with Gasteiger partial charge in [-0.25, -0.2) is 0 Å². The quantitative estimate of drug-likeness (QED) is 0.114. The van der Waals surface area contributed by atoms with Crippen LogP contribution < -0.4 is 16.8 Å². The standard InChI is InChI=1S/C26H57N3/c1-3-5-7-9-11-13-15-17-19-21-23-25(29-24-26(27)28)22-20-18-16-14-12-10-8-6-4-2/h25-26,29H,3-24,27-28H2,1-2H3. The molecular weight excluding hydrogens is 354 g/mol. The van der Waals surface area contributed by atoms with Crippen molar-refractivity contribution in [2.75, 3.05) is 6.54 Å². The number of hydrogen-bond donors (Lipinski definition) is 3. The van der Waals surface area contributed by atoms with Gasteiger partial charge in [-0.15, -0.1) is 0 Å². The fourth-order valence-electron chi connectivity index (χ4n) is 4.23. The molecule has 0 aliphatic carbocycles. The second-order valence-corrected chi connectivity index (χ2v) is 9.36. The Morgan fingerprint density at radius 2 is 0.793 bits per heavy atom. The van der Waals surface area contributed by atoms with Crippen molar-refractivity contribution in [3.63, 3.8) is 0 Å². The number of unbranched alkanes of at least 4 members (excludes halogenated alkanes) is 17. The van der Waals surface area contributed by atoms with Crippen LogP contribution in [0.5, 0.6) is 0 Å². The molecule has 0 saturated carbocycles. The molecule has 1 atom stereocenters. The zero-order valence-electron chi connectivity index (χ0n) is 20.4. The minimum Gasteiger partial charge on any atom is -0.315 e. The Morgan fingerprint density at radius 3 is 1.10 bits per heavy atom. The average molecular weight is 412 g/mol. The molecule has 3 heteroatoms. The summed E-state index contributed by atoms with van der Waals surface area (Å²) in [6, 6.07) is 0.614. The van der Waals surface area contributed by atoms with Crippen molar-refractivity contribution in [3.05, 3.63) is 0 Å². The number of hydrogen-bond acceptors (Lipinski definition) is 3. The largest absolute Gasteiger partial charge is 0.315 e. The molecule has 0 spiro atoms. The van der Waals surface area contributed by atoms with Crippen LogP contribution in [0, 0.1) is 0 Å². The van der Waals surface area contributed by atoms with Crippen LogP contribution in [0.4, 0.5) is 0 Å². The molecule has 0 saturated heterocycles. The summed E-state index contributed by atoms with van der Waals surface area (Å²) in [5.41, 5.74) is 11.5. The molecule has 0 aromatic carbocycles. The van der Waals surface area contributed by atoms with Crippen molar-refractivity contribution in [2.24, 2.45) is 11.5 Å². The lowest BCUT2D eigenvalue weighted by Gasteiger charge is -2.20. The summed E-state index contributed by atoms with van der Waals surface area (Å²) < 4.78 is 0. The third kappa shape index (κ3) is 24.0. The van der Waals surface area contributed by atoms with E-state index < -0.39 is 0 Å². The lowest BCUT2D eigenvalue weighted by Crippen LogP contribution is -2.44. The zero-order chi connectivity index (χ0) is 21.4. The summed E-state index contributed by atoms with van der Waals surface area (Å²) in [6.45, 7) is 5.33. The smallest absolute Gasteiger partial charge is 0.0649 e. The highest BCUT2D eigenvalue weighted by molar-refractivity contribution is 4.70. The van der Waals surface area contributed by atoms with E-state index in [1.165, 1.54) is 135 Å². The lowest BCUT2D eigenvalue weighted by atomic mass is 9.99. The highest BCUT2D eigenvalue weighted by Crippen LogP contribution is 2.16. The molecule has 0 aromatic rings. The maximum Gasteiger partial charge on any atom is 0.0649 e. The second-order valence-electron chi connectivity index (χ2n) is 9.36. The lowest BCUT2D eigenvalue weighted by molar-refractivity contribution is 0.400. The van der Waals surface area contributed by atoms with Gasteiger partial charge in [0.2, 0.25) is 0 Å². The van der Waals surface area contributed by atoms with Crippen molar-refractivity contribution in [1.29, 1.82) is 0 Å². The van der Waals surface area contributed by atoms with Crippen LogP contribution >= 0.6 is 0 Å². The van der Waals surface area contributed by atoms with E-state index >= 15 is 0 Å². The number of nitrogens with two attached hydrogens (primary N) is 2. The predicted octanol–water partition coefficient (Wildman–Crippen LogP) is 7.42. The van der Waals surface area contributed by atoms with Crippen molar-refractivity contribution in [2.45, 2.75) is 161 Å². The number of rotatable bonds is 24. The van der Waals surface area contributed by atoms with Crippen LogP contribution in [-0.4, -0.2) is 18.8 Å². The number of nitrogens with one attached hydrogen (secondary N) is 1. The second kappa shape index (κ2) is 24.2. The molecule has 176 valence electrons. The van der Waals surface area contributed by atoms with Gasteiger partial charge in [-0.3, -0.25) is 0 Å². The van der Waals surface area contributed by atoms with Gasteiger partial charge in [-0.05, 0) is 12.8 Å². The first-order chi connectivity index (χ1) is 14.2. The molecule has 29 heavy (non-hydrogen) atoms. The summed E-state index contributed by atoms with van der Waals surface area (Å²) >= 11 is 0. The average Bonchev–Trinajstić information content (AvgIpc) is 2.71. The molecule has 0 amide bonds. The van der Waals surface area contributed by atoms with E-state index in [2.05, 4.69) is 19.2 Å². The third-order valence-electron chi connectivity index (χ3n) is 6.20. The molecule has 3 nitrogen and oxygen atoms in total. The molecule has 0 aromatic heterocycles. The highest BCUT2D eigenvalue weighted by atomic mass is 15.0. The van der Waals surface area contributed by atoms with Gasteiger partial charge in [0.05, 0.1) is 6.17 Å². The Kier molecular flexibility index (Phi) is 24.1. The Hall–Kier alpha value is -0.120. The predicted molar refractivity (Wildman–Crippen MR) is 132 cm³/mol. The summed E-state index contributed by atoms with van der Waals surface area (Å²) in [4.78, 5) is 0. The monoisotopic (exact) mass is 411 g/mol. The van der Waals surface area contributed by atoms with Gasteiger partial charge in [-0.1, -0.05) is 136 Å². The van der Waals surface area contributed by atoms with Gasteiger partial charge in [-0.2, -0.15) is 0 Å². The molecule has 0 aliphatic heterocycles. The maximum absolute atomic E-state index is 5.75. The first kappa shape index (κ1) is 28.9. The van der Waals surface area contributed by atoms with Crippen LogP contribution in [0.1, 0.15) is 149 Å². The van der Waals surface area contributed by atoms with Gasteiger partial charge in [0.1, 0.15) is 0 Å². The van der Waals surface area contributed by atoms with Crippen LogP contribution in [0.2, 0.25) is 0 Å². The molecule has 0 bridgehead atoms. The highest BCUT2D eigenvalue weighted by Gasteiger charge is 2.09. The SMILES string of the molecule is CCCCCCCCCCCCC(CCCCCCCCCCC)NCC(N)N. The van der Waals surface area contributed by atoms with Crippen molar-refractivity contribution in [1.82, 2.24) is 5.32 Å². The van der Waals surface area contributed by atoms with E-state index in [1.54, 1.807) is 0 Å². The van der Waals surface area contributed by atoms with Gasteiger partial charge in [0, 0.05) is 12.6 Å². The molecule has 5 N–H and O–H groups in total. The first-order valence-corrected chi connectivity index (χ1v) is 13.4. The summed E-state index contributed by atoms with van der Waals surface area (Å²) in [5, 5.41) is 3.63. The van der Waals surface area contributed by atoms with Crippen molar-refractivity contribution >= 4 is 0 Å². The van der Waals surface area contributed by atoms with Crippen molar-refractivity contribution in [3.8, 4) is 0 Å². The van der Waals surface area contributed by atoms with E-state index in [1.807, 2.05) is 0 Å². The molecule has 0 aliphatic rings. The Balaban J connectivity index is 3.64. The molecule has 1 unspecified atom stereocenters. The van der Waals surface area contributed by atoms with Crippen molar-refractivity contribution < 1.29 is 0 Å². The van der Waals surface area contributed by atoms with Gasteiger partial charge >= 0.3 is 0 Å². The molecular formula is C26H57N3. The molecule has 0 heterocycles. The fourth-order valence-corrected chi connectivity index (χ4v) is 4.23. The van der Waals surface area contributed by atoms with E-state index in [0.717, 1.165) is 6.54 Å².